The highest BCUT2D eigenvalue weighted by Crippen LogP contribution is 2.41. The lowest BCUT2D eigenvalue weighted by molar-refractivity contribution is -0.189. The number of carbonyl (C=O) groups is 5. The lowest BCUT2D eigenvalue weighted by Crippen LogP contribution is -2.67. The molecule has 2 aromatic carbocycles. The highest BCUT2D eigenvalue weighted by atomic mass is 16.6. The summed E-state index contributed by atoms with van der Waals surface area (Å²) in [7, 11) is 2.99. The number of phenolic OH excluding ortho intramolecular Hbond substituents is 1. The number of aryl methyl sites for hydroxylation is 1. The minimum Gasteiger partial charge on any atom is -0.508 e. The van der Waals surface area contributed by atoms with Gasteiger partial charge in [0.15, 0.2) is 5.60 Å². The van der Waals surface area contributed by atoms with Gasteiger partial charge in [0, 0.05) is 81.8 Å². The van der Waals surface area contributed by atoms with Crippen LogP contribution in [0.1, 0.15) is 70.7 Å². The highest BCUT2D eigenvalue weighted by molar-refractivity contribution is 5.97. The molecule has 7 rings (SSSR count). The summed E-state index contributed by atoms with van der Waals surface area (Å²) >= 11 is 0. The van der Waals surface area contributed by atoms with E-state index in [9.17, 15) is 39.3 Å². The van der Waals surface area contributed by atoms with Gasteiger partial charge in [0.05, 0.1) is 31.1 Å². The Morgan fingerprint density at radius 1 is 1.07 bits per heavy atom. The summed E-state index contributed by atoms with van der Waals surface area (Å²) < 4.78 is 13.6. The fourth-order valence-electron chi connectivity index (χ4n) is 9.75. The van der Waals surface area contributed by atoms with Crippen molar-refractivity contribution in [1.82, 2.24) is 40.1 Å². The summed E-state index contributed by atoms with van der Waals surface area (Å²) in [6.45, 7) is 13.5. The molecule has 5 heterocycles. The Morgan fingerprint density at radius 3 is 2.52 bits per heavy atom. The molecule has 18 heteroatoms. The summed E-state index contributed by atoms with van der Waals surface area (Å²) in [6, 6.07) is 8.38. The summed E-state index contributed by atoms with van der Waals surface area (Å²) in [6.07, 6.45) is 4.67. The number of hydrogen-bond acceptors (Lipinski definition) is 13. The molecule has 2 saturated heterocycles. The topological polar surface area (TPSA) is 229 Å². The molecule has 67 heavy (non-hydrogen) atoms. The summed E-state index contributed by atoms with van der Waals surface area (Å²) in [5.41, 5.74) is 3.52. The van der Waals surface area contributed by atoms with Crippen LogP contribution in [0.4, 0.5) is 0 Å². The zero-order valence-corrected chi connectivity index (χ0v) is 39.3. The number of aliphatic hydroxyl groups is 2. The van der Waals surface area contributed by atoms with Gasteiger partial charge in [0.2, 0.25) is 17.5 Å². The third kappa shape index (κ3) is 9.79. The summed E-state index contributed by atoms with van der Waals surface area (Å²) in [5.74, 6) is -4.22. The molecule has 5 N–H and O–H groups in total. The molecule has 0 aliphatic carbocycles. The van der Waals surface area contributed by atoms with E-state index >= 15 is 0 Å². The van der Waals surface area contributed by atoms with Gasteiger partial charge in [0.1, 0.15) is 23.5 Å². The molecule has 3 aliphatic heterocycles. The maximum atomic E-state index is 14.7. The van der Waals surface area contributed by atoms with Crippen LogP contribution in [0.15, 0.2) is 61.4 Å². The smallest absolute Gasteiger partial charge is 0.355 e. The van der Waals surface area contributed by atoms with Crippen molar-refractivity contribution in [2.45, 2.75) is 103 Å². The largest absolute Gasteiger partial charge is 0.508 e. The predicted molar refractivity (Wildman–Crippen MR) is 247 cm³/mol. The van der Waals surface area contributed by atoms with Crippen LogP contribution in [0.25, 0.3) is 33.4 Å². The van der Waals surface area contributed by atoms with Crippen molar-refractivity contribution >= 4 is 40.5 Å². The number of benzene rings is 2. The number of likely N-dealkylation sites (N-methyl/N-ethyl adjacent to an activating group) is 1. The SMILES string of the molecule is C=CC(=O)N1CCC(O)(C(=O)N(C)[C@H](C(=O)N[C@H]2Cc3cc(O)cc(c3)-c3ccc4c(c3)c(c(-c3nccnc3COC)n4CC)CC(C)(C)COC(=O)[C@@]3(O)CCCN(N3)C2=O)C(C)C)C1. The maximum absolute atomic E-state index is 14.7. The first kappa shape index (κ1) is 48.7. The first-order chi connectivity index (χ1) is 31.7. The minimum atomic E-state index is -2.31. The van der Waals surface area contributed by atoms with Crippen LogP contribution in [-0.2, 0) is 59.4 Å². The summed E-state index contributed by atoms with van der Waals surface area (Å²) in [4.78, 5) is 81.4. The third-order valence-electron chi connectivity index (χ3n) is 13.0. The lowest BCUT2D eigenvalue weighted by Gasteiger charge is -2.40. The van der Waals surface area contributed by atoms with Crippen LogP contribution in [0.2, 0.25) is 0 Å². The number of nitrogens with one attached hydrogen (secondary N) is 2. The number of esters is 1. The molecule has 4 aromatic rings. The number of rotatable bonds is 10. The Morgan fingerprint density at radius 2 is 1.82 bits per heavy atom. The van der Waals surface area contributed by atoms with Gasteiger partial charge >= 0.3 is 5.97 Å². The van der Waals surface area contributed by atoms with E-state index in [1.165, 1.54) is 18.0 Å². The number of fused-ring (bicyclic) bond motifs is 6. The van der Waals surface area contributed by atoms with E-state index in [-0.39, 0.29) is 64.3 Å². The van der Waals surface area contributed by atoms with Crippen molar-refractivity contribution in [3.05, 3.63) is 78.3 Å². The van der Waals surface area contributed by atoms with Gasteiger partial charge in [-0.25, -0.2) is 4.79 Å². The number of methoxy groups -OCH3 is 1. The number of aromatic hydroxyl groups is 1. The van der Waals surface area contributed by atoms with Crippen LogP contribution >= 0.6 is 0 Å². The highest BCUT2D eigenvalue weighted by Gasteiger charge is 2.49. The second-order valence-corrected chi connectivity index (χ2v) is 19.1. The molecule has 3 aliphatic rings. The lowest BCUT2D eigenvalue weighted by atomic mass is 9.84. The zero-order valence-electron chi connectivity index (χ0n) is 39.3. The molecule has 358 valence electrons. The van der Waals surface area contributed by atoms with E-state index in [2.05, 4.69) is 26.9 Å². The minimum absolute atomic E-state index is 0.0521. The van der Waals surface area contributed by atoms with Crippen molar-refractivity contribution in [2.24, 2.45) is 11.3 Å². The Bertz CT molecular complexity index is 2590. The van der Waals surface area contributed by atoms with Gasteiger partial charge in [-0.15, -0.1) is 0 Å². The number of cyclic esters (lactones) is 1. The van der Waals surface area contributed by atoms with Crippen LogP contribution < -0.4 is 10.7 Å². The van der Waals surface area contributed by atoms with E-state index in [4.69, 9.17) is 14.5 Å². The summed E-state index contributed by atoms with van der Waals surface area (Å²) in [5, 5.41) is 39.5. The van der Waals surface area contributed by atoms with Gasteiger partial charge < -0.3 is 44.5 Å². The molecular weight excluding hydrogens is 861 g/mol. The van der Waals surface area contributed by atoms with E-state index in [0.717, 1.165) is 43.7 Å². The Kier molecular flexibility index (Phi) is 13.9. The number of likely N-dealkylation sites (tertiary alicyclic amines) is 1. The van der Waals surface area contributed by atoms with Crippen LogP contribution in [-0.4, -0.2) is 138 Å². The number of ether oxygens (including phenoxy) is 2. The molecule has 4 atom stereocenters. The maximum Gasteiger partial charge on any atom is 0.355 e. The molecule has 0 saturated carbocycles. The fraction of sp³-hybridized carbons (Fsp3) is 0.490. The van der Waals surface area contributed by atoms with Crippen LogP contribution in [0.3, 0.4) is 0 Å². The molecule has 18 nitrogen and oxygen atoms in total. The van der Waals surface area contributed by atoms with Gasteiger partial charge in [-0.05, 0) is 78.3 Å². The molecule has 2 aromatic heterocycles. The number of hydrazine groups is 1. The number of carbonyl (C=O) groups excluding carboxylic acids is 5. The number of phenols is 1. The van der Waals surface area contributed by atoms with Gasteiger partial charge in [-0.3, -0.25) is 34.2 Å². The molecular formula is C49H62N8O10. The molecule has 2 fully saturated rings. The van der Waals surface area contributed by atoms with Gasteiger partial charge in [-0.2, -0.15) is 5.43 Å². The number of nitrogens with zero attached hydrogens (tertiary/aromatic N) is 6. The predicted octanol–water partition coefficient (Wildman–Crippen LogP) is 3.24. The molecule has 1 unspecified atom stereocenters. The first-order valence-electron chi connectivity index (χ1n) is 22.7. The van der Waals surface area contributed by atoms with Crippen molar-refractivity contribution < 1.29 is 48.8 Å². The molecule has 6 bridgehead atoms. The zero-order chi connectivity index (χ0) is 48.6. The normalized spacial score (nSPS) is 22.6. The van der Waals surface area contributed by atoms with Crippen molar-refractivity contribution in [1.29, 1.82) is 0 Å². The van der Waals surface area contributed by atoms with Crippen molar-refractivity contribution in [3.63, 3.8) is 0 Å². The second kappa shape index (κ2) is 19.2. The Labute approximate surface area is 389 Å². The van der Waals surface area contributed by atoms with Crippen LogP contribution in [0, 0.1) is 11.3 Å². The molecule has 0 spiro atoms. The monoisotopic (exact) mass is 922 g/mol. The standard InChI is InChI=1S/C49H62N8O10/c1-9-39(59)55-19-15-48(64,27-55)45(62)54(7)41(29(3)4)43(60)52-36-22-30-20-32(23-33(58)21-30)31-12-13-38-34(24-31)35(42(56(38)10-2)40-37(26-66-8)50-16-17-51-40)25-47(5,6)28-67-46(63)49(65)14-11-18-57(53-49)44(36)61/h9,12-13,16-17,20-21,23-24,29,36,41,53,58,64-65H,1,10-11,14-15,18-19,22,25-28H2,2-8H3,(H,52,60)/t36-,41-,48?,49-/m0/s1. The fourth-order valence-corrected chi connectivity index (χ4v) is 9.75. The van der Waals surface area contributed by atoms with E-state index < -0.39 is 64.3 Å². The number of aromatic nitrogens is 3. The van der Waals surface area contributed by atoms with E-state index in [1.807, 2.05) is 45.0 Å². The number of amides is 4. The number of hydrogen-bond donors (Lipinski definition) is 5. The second-order valence-electron chi connectivity index (χ2n) is 19.1. The average molecular weight is 923 g/mol. The molecule has 0 radical (unpaired) electrons. The van der Waals surface area contributed by atoms with Gasteiger partial charge in [-0.1, -0.05) is 46.4 Å². The Hall–Kier alpha value is -6.21. The number of β-amino-alcohol motifs (C(OH)–C–C–N with tert-alkyl or cyclic N) is 1. The average Bonchev–Trinajstić information content (AvgIpc) is 3.84. The van der Waals surface area contributed by atoms with Crippen LogP contribution in [0.5, 0.6) is 5.75 Å². The van der Waals surface area contributed by atoms with Crippen molar-refractivity contribution in [2.75, 3.05) is 40.4 Å². The Balaban J connectivity index is 1.32. The van der Waals surface area contributed by atoms with Gasteiger partial charge in [0.25, 0.3) is 11.8 Å². The molecule has 4 amide bonds. The third-order valence-corrected chi connectivity index (χ3v) is 13.0. The van der Waals surface area contributed by atoms with Crippen molar-refractivity contribution in [3.8, 4) is 28.3 Å². The quantitative estimate of drug-likeness (QED) is 0.114. The first-order valence-corrected chi connectivity index (χ1v) is 22.7. The van der Waals surface area contributed by atoms with E-state index in [0.29, 0.717) is 35.5 Å². The van der Waals surface area contributed by atoms with E-state index in [1.54, 1.807) is 39.4 Å².